The molecule has 0 radical (unpaired) electrons. The zero-order valence-corrected chi connectivity index (χ0v) is 9.55. The van der Waals surface area contributed by atoms with Gasteiger partial charge in [0.15, 0.2) is 0 Å². The number of alkyl halides is 1. The van der Waals surface area contributed by atoms with Crippen LogP contribution in [-0.4, -0.2) is 28.0 Å². The SMILES string of the molecule is Cn1ccnc1CCNCCCBr. The molecule has 1 heterocycles. The number of aromatic nitrogens is 2. The Morgan fingerprint density at radius 2 is 2.38 bits per heavy atom. The van der Waals surface area contributed by atoms with Crippen molar-refractivity contribution in [1.29, 1.82) is 0 Å². The molecule has 0 amide bonds. The van der Waals surface area contributed by atoms with Gasteiger partial charge < -0.3 is 9.88 Å². The van der Waals surface area contributed by atoms with Crippen molar-refractivity contribution in [1.82, 2.24) is 14.9 Å². The lowest BCUT2D eigenvalue weighted by Gasteiger charge is -2.03. The average molecular weight is 246 g/mol. The summed E-state index contributed by atoms with van der Waals surface area (Å²) in [6, 6.07) is 0. The van der Waals surface area contributed by atoms with Gasteiger partial charge in [-0.05, 0) is 13.0 Å². The molecule has 1 aromatic rings. The zero-order valence-electron chi connectivity index (χ0n) is 7.96. The maximum absolute atomic E-state index is 4.25. The molecule has 0 unspecified atom stereocenters. The molecule has 0 saturated heterocycles. The Kier molecular flexibility index (Phi) is 5.08. The van der Waals surface area contributed by atoms with Crippen molar-refractivity contribution in [3.63, 3.8) is 0 Å². The van der Waals surface area contributed by atoms with E-state index in [1.54, 1.807) is 0 Å². The Hall–Kier alpha value is -0.350. The molecule has 74 valence electrons. The molecule has 0 aliphatic heterocycles. The summed E-state index contributed by atoms with van der Waals surface area (Å²) in [5.41, 5.74) is 0. The second-order valence-corrected chi connectivity index (χ2v) is 3.79. The lowest BCUT2D eigenvalue weighted by molar-refractivity contribution is 0.648. The molecular formula is C9H16BrN3. The van der Waals surface area contributed by atoms with Gasteiger partial charge in [0.05, 0.1) is 0 Å². The molecule has 0 fully saturated rings. The van der Waals surface area contributed by atoms with Crippen LogP contribution in [0, 0.1) is 0 Å². The summed E-state index contributed by atoms with van der Waals surface area (Å²) in [7, 11) is 2.03. The van der Waals surface area contributed by atoms with Gasteiger partial charge in [-0.25, -0.2) is 4.98 Å². The van der Waals surface area contributed by atoms with Crippen LogP contribution in [0.25, 0.3) is 0 Å². The van der Waals surface area contributed by atoms with E-state index >= 15 is 0 Å². The molecule has 13 heavy (non-hydrogen) atoms. The van der Waals surface area contributed by atoms with Gasteiger partial charge in [-0.2, -0.15) is 0 Å². The van der Waals surface area contributed by atoms with E-state index in [1.807, 2.05) is 19.4 Å². The minimum absolute atomic E-state index is 1.01. The summed E-state index contributed by atoms with van der Waals surface area (Å²) in [4.78, 5) is 4.25. The van der Waals surface area contributed by atoms with Crippen LogP contribution < -0.4 is 5.32 Å². The Balaban J connectivity index is 2.10. The second-order valence-electron chi connectivity index (χ2n) is 3.00. The smallest absolute Gasteiger partial charge is 0.109 e. The highest BCUT2D eigenvalue weighted by Crippen LogP contribution is 1.94. The number of hydrogen-bond acceptors (Lipinski definition) is 2. The Morgan fingerprint density at radius 3 is 3.00 bits per heavy atom. The molecule has 0 aliphatic carbocycles. The van der Waals surface area contributed by atoms with E-state index in [2.05, 4.69) is 30.8 Å². The van der Waals surface area contributed by atoms with Crippen molar-refractivity contribution >= 4 is 15.9 Å². The number of nitrogens with one attached hydrogen (secondary N) is 1. The lowest BCUT2D eigenvalue weighted by atomic mass is 10.4. The highest BCUT2D eigenvalue weighted by molar-refractivity contribution is 9.09. The summed E-state index contributed by atoms with van der Waals surface area (Å²) < 4.78 is 2.06. The van der Waals surface area contributed by atoms with E-state index < -0.39 is 0 Å². The number of hydrogen-bond donors (Lipinski definition) is 1. The molecular weight excluding hydrogens is 230 g/mol. The zero-order chi connectivity index (χ0) is 9.52. The largest absolute Gasteiger partial charge is 0.338 e. The molecule has 0 aliphatic rings. The third-order valence-electron chi connectivity index (χ3n) is 1.93. The van der Waals surface area contributed by atoms with E-state index in [0.29, 0.717) is 0 Å². The van der Waals surface area contributed by atoms with Crippen LogP contribution in [0.5, 0.6) is 0 Å². The number of rotatable bonds is 6. The normalized spacial score (nSPS) is 10.6. The number of imidazole rings is 1. The van der Waals surface area contributed by atoms with Crippen LogP contribution in [0.1, 0.15) is 12.2 Å². The minimum Gasteiger partial charge on any atom is -0.338 e. The summed E-state index contributed by atoms with van der Waals surface area (Å²) in [6.45, 7) is 2.09. The highest BCUT2D eigenvalue weighted by Gasteiger charge is 1.97. The van der Waals surface area contributed by atoms with Crippen LogP contribution in [0.3, 0.4) is 0 Å². The summed E-state index contributed by atoms with van der Waals surface area (Å²) >= 11 is 3.40. The summed E-state index contributed by atoms with van der Waals surface area (Å²) in [6.07, 6.45) is 6.01. The fourth-order valence-corrected chi connectivity index (χ4v) is 1.43. The van der Waals surface area contributed by atoms with Crippen LogP contribution in [0.4, 0.5) is 0 Å². The van der Waals surface area contributed by atoms with Crippen LogP contribution in [-0.2, 0) is 13.5 Å². The molecule has 1 aromatic heterocycles. The molecule has 0 atom stereocenters. The first-order chi connectivity index (χ1) is 6.34. The van der Waals surface area contributed by atoms with Crippen LogP contribution >= 0.6 is 15.9 Å². The third kappa shape index (κ3) is 3.91. The maximum Gasteiger partial charge on any atom is 0.109 e. The molecule has 0 spiro atoms. The number of halogens is 1. The first-order valence-electron chi connectivity index (χ1n) is 4.57. The molecule has 0 bridgehead atoms. The standard InChI is InChI=1S/C9H16BrN3/c1-13-8-7-12-9(13)3-6-11-5-2-4-10/h7-8,11H,2-6H2,1H3. The van der Waals surface area contributed by atoms with Crippen molar-refractivity contribution in [2.75, 3.05) is 18.4 Å². The van der Waals surface area contributed by atoms with Gasteiger partial charge >= 0.3 is 0 Å². The van der Waals surface area contributed by atoms with Gasteiger partial charge in [0.1, 0.15) is 5.82 Å². The van der Waals surface area contributed by atoms with Gasteiger partial charge in [-0.3, -0.25) is 0 Å². The van der Waals surface area contributed by atoms with Gasteiger partial charge in [-0.1, -0.05) is 15.9 Å². The topological polar surface area (TPSA) is 29.9 Å². The minimum atomic E-state index is 1.01. The van der Waals surface area contributed by atoms with E-state index in [9.17, 15) is 0 Å². The van der Waals surface area contributed by atoms with Crippen LogP contribution in [0.2, 0.25) is 0 Å². The first-order valence-corrected chi connectivity index (χ1v) is 5.69. The van der Waals surface area contributed by atoms with Crippen molar-refractivity contribution in [3.8, 4) is 0 Å². The molecule has 1 N–H and O–H groups in total. The van der Waals surface area contributed by atoms with Gasteiger partial charge in [0.2, 0.25) is 0 Å². The van der Waals surface area contributed by atoms with E-state index in [1.165, 1.54) is 6.42 Å². The van der Waals surface area contributed by atoms with Crippen molar-refractivity contribution < 1.29 is 0 Å². The Bertz CT molecular complexity index is 235. The predicted octanol–water partition coefficient (Wildman–Crippen LogP) is 1.34. The van der Waals surface area contributed by atoms with Crippen molar-refractivity contribution in [2.24, 2.45) is 7.05 Å². The fourth-order valence-electron chi connectivity index (χ4n) is 1.15. The summed E-state index contributed by atoms with van der Waals surface area (Å²) in [5.74, 6) is 1.14. The number of aryl methyl sites for hydroxylation is 1. The molecule has 0 aromatic carbocycles. The second kappa shape index (κ2) is 6.16. The predicted molar refractivity (Wildman–Crippen MR) is 58.2 cm³/mol. The van der Waals surface area contributed by atoms with Gasteiger partial charge in [-0.15, -0.1) is 0 Å². The van der Waals surface area contributed by atoms with Crippen molar-refractivity contribution in [3.05, 3.63) is 18.2 Å². The van der Waals surface area contributed by atoms with Gasteiger partial charge in [0, 0.05) is 37.7 Å². The molecule has 3 nitrogen and oxygen atoms in total. The highest BCUT2D eigenvalue weighted by atomic mass is 79.9. The summed E-state index contributed by atoms with van der Waals surface area (Å²) in [5, 5.41) is 4.44. The van der Waals surface area contributed by atoms with Crippen molar-refractivity contribution in [2.45, 2.75) is 12.8 Å². The van der Waals surface area contributed by atoms with E-state index in [0.717, 1.165) is 30.7 Å². The first kappa shape index (κ1) is 10.7. The Labute approximate surface area is 87.7 Å². The third-order valence-corrected chi connectivity index (χ3v) is 2.49. The quantitative estimate of drug-likeness (QED) is 0.606. The fraction of sp³-hybridized carbons (Fsp3) is 0.667. The maximum atomic E-state index is 4.25. The van der Waals surface area contributed by atoms with Crippen LogP contribution in [0.15, 0.2) is 12.4 Å². The molecule has 4 heteroatoms. The van der Waals surface area contributed by atoms with Gasteiger partial charge in [0.25, 0.3) is 0 Å². The molecule has 0 saturated carbocycles. The number of nitrogens with zero attached hydrogens (tertiary/aromatic N) is 2. The Morgan fingerprint density at radius 1 is 1.54 bits per heavy atom. The molecule has 1 rings (SSSR count). The lowest BCUT2D eigenvalue weighted by Crippen LogP contribution is -2.19. The monoisotopic (exact) mass is 245 g/mol. The average Bonchev–Trinajstić information content (AvgIpc) is 2.52. The van der Waals surface area contributed by atoms with E-state index in [4.69, 9.17) is 0 Å². The van der Waals surface area contributed by atoms with E-state index in [-0.39, 0.29) is 0 Å².